The lowest BCUT2D eigenvalue weighted by Crippen LogP contribution is -2.04. The fraction of sp³-hybridized carbons (Fsp3) is 0.571. The van der Waals surface area contributed by atoms with Crippen molar-refractivity contribution in [2.24, 2.45) is 0 Å². The van der Waals surface area contributed by atoms with Gasteiger partial charge < -0.3 is 5.32 Å². The van der Waals surface area contributed by atoms with Gasteiger partial charge in [-0.25, -0.2) is 9.97 Å². The Morgan fingerprint density at radius 2 is 2.21 bits per heavy atom. The highest BCUT2D eigenvalue weighted by Crippen LogP contribution is 2.32. The van der Waals surface area contributed by atoms with E-state index in [1.165, 1.54) is 25.7 Å². The summed E-state index contributed by atoms with van der Waals surface area (Å²) in [7, 11) is 0. The molecule has 0 bridgehead atoms. The molecule has 2 aromatic rings. The predicted molar refractivity (Wildman–Crippen MR) is 85.1 cm³/mol. The first kappa shape index (κ1) is 13.2. The Labute approximate surface area is 122 Å². The second-order valence-corrected chi connectivity index (χ2v) is 7.06. The van der Waals surface area contributed by atoms with Gasteiger partial charge in [0.2, 0.25) is 0 Å². The van der Waals surface area contributed by atoms with E-state index in [9.17, 15) is 0 Å². The smallest absolute Gasteiger partial charge is 0.142 e. The summed E-state index contributed by atoms with van der Waals surface area (Å²) >= 11 is 3.73. The Kier molecular flexibility index (Phi) is 4.23. The molecule has 3 nitrogen and oxygen atoms in total. The quantitative estimate of drug-likeness (QED) is 0.892. The fourth-order valence-corrected chi connectivity index (χ4v) is 4.48. The first-order chi connectivity index (χ1) is 9.36. The predicted octanol–water partition coefficient (Wildman–Crippen LogP) is 4.30. The van der Waals surface area contributed by atoms with E-state index in [0.717, 1.165) is 39.4 Å². The molecule has 0 unspecified atom stereocenters. The number of aromatic nitrogens is 2. The van der Waals surface area contributed by atoms with Crippen molar-refractivity contribution in [1.29, 1.82) is 0 Å². The lowest BCUT2D eigenvalue weighted by molar-refractivity contribution is 0.886. The van der Waals surface area contributed by atoms with Crippen molar-refractivity contribution in [2.45, 2.75) is 43.6 Å². The molecule has 1 saturated carbocycles. The second-order valence-electron chi connectivity index (χ2n) is 4.88. The van der Waals surface area contributed by atoms with Crippen molar-refractivity contribution >= 4 is 39.1 Å². The van der Waals surface area contributed by atoms with Gasteiger partial charge in [-0.2, -0.15) is 11.8 Å². The highest BCUT2D eigenvalue weighted by Gasteiger charge is 2.16. The zero-order valence-corrected chi connectivity index (χ0v) is 12.8. The van der Waals surface area contributed by atoms with Crippen LogP contribution < -0.4 is 5.32 Å². The maximum absolute atomic E-state index is 4.69. The van der Waals surface area contributed by atoms with Gasteiger partial charge in [0.05, 0.1) is 11.1 Å². The van der Waals surface area contributed by atoms with E-state index in [-0.39, 0.29) is 0 Å². The van der Waals surface area contributed by atoms with Crippen molar-refractivity contribution in [3.05, 3.63) is 17.3 Å². The van der Waals surface area contributed by atoms with Crippen LogP contribution in [0.3, 0.4) is 0 Å². The number of anilines is 1. The first-order valence-corrected chi connectivity index (χ1v) is 8.89. The van der Waals surface area contributed by atoms with Crippen molar-refractivity contribution in [3.8, 4) is 0 Å². The fourth-order valence-electron chi connectivity index (χ4n) is 2.51. The molecule has 1 fully saturated rings. The number of rotatable bonds is 5. The number of thiophene rings is 1. The summed E-state index contributed by atoms with van der Waals surface area (Å²) in [5.74, 6) is 2.91. The molecule has 1 aliphatic carbocycles. The monoisotopic (exact) mass is 293 g/mol. The number of fused-ring (bicyclic) bond motifs is 1. The summed E-state index contributed by atoms with van der Waals surface area (Å²) in [6.45, 7) is 3.00. The third-order valence-corrected chi connectivity index (χ3v) is 5.64. The number of thioether (sulfide) groups is 1. The van der Waals surface area contributed by atoms with Crippen LogP contribution in [0.15, 0.2) is 11.4 Å². The number of hydrogen-bond donors (Lipinski definition) is 1. The SMILES string of the molecule is CCNc1nc(CSC2CCCC2)nc2sccc12. The normalized spacial score (nSPS) is 16.3. The summed E-state index contributed by atoms with van der Waals surface area (Å²) < 4.78 is 0. The molecule has 0 aromatic carbocycles. The maximum Gasteiger partial charge on any atom is 0.142 e. The molecule has 0 saturated heterocycles. The number of nitrogens with zero attached hydrogens (tertiary/aromatic N) is 2. The molecule has 1 aliphatic rings. The van der Waals surface area contributed by atoms with Gasteiger partial charge in [-0.05, 0) is 31.2 Å². The molecular weight excluding hydrogens is 274 g/mol. The van der Waals surface area contributed by atoms with Crippen LogP contribution in [0, 0.1) is 0 Å². The highest BCUT2D eigenvalue weighted by molar-refractivity contribution is 7.99. The van der Waals surface area contributed by atoms with Crippen molar-refractivity contribution in [3.63, 3.8) is 0 Å². The van der Waals surface area contributed by atoms with Gasteiger partial charge in [-0.1, -0.05) is 12.8 Å². The van der Waals surface area contributed by atoms with E-state index >= 15 is 0 Å². The largest absolute Gasteiger partial charge is 0.370 e. The molecule has 19 heavy (non-hydrogen) atoms. The van der Waals surface area contributed by atoms with E-state index in [1.54, 1.807) is 11.3 Å². The summed E-state index contributed by atoms with van der Waals surface area (Å²) in [5.41, 5.74) is 0. The second kappa shape index (κ2) is 6.09. The van der Waals surface area contributed by atoms with Crippen LogP contribution >= 0.6 is 23.1 Å². The van der Waals surface area contributed by atoms with Crippen LogP contribution in [-0.2, 0) is 5.75 Å². The van der Waals surface area contributed by atoms with E-state index in [0.29, 0.717) is 0 Å². The molecule has 0 radical (unpaired) electrons. The van der Waals surface area contributed by atoms with E-state index < -0.39 is 0 Å². The average Bonchev–Trinajstić information content (AvgIpc) is 3.08. The average molecular weight is 293 g/mol. The Bertz CT molecular complexity index is 547. The Morgan fingerprint density at radius 1 is 1.37 bits per heavy atom. The molecule has 2 heterocycles. The van der Waals surface area contributed by atoms with Gasteiger partial charge in [0, 0.05) is 11.8 Å². The van der Waals surface area contributed by atoms with E-state index in [2.05, 4.69) is 33.7 Å². The van der Waals surface area contributed by atoms with Gasteiger partial charge in [0.15, 0.2) is 0 Å². The molecule has 102 valence electrons. The third-order valence-electron chi connectivity index (χ3n) is 3.47. The van der Waals surface area contributed by atoms with Crippen LogP contribution in [0.25, 0.3) is 10.2 Å². The lowest BCUT2D eigenvalue weighted by Gasteiger charge is -2.09. The minimum Gasteiger partial charge on any atom is -0.370 e. The molecule has 1 N–H and O–H groups in total. The van der Waals surface area contributed by atoms with Crippen molar-refractivity contribution in [1.82, 2.24) is 9.97 Å². The zero-order chi connectivity index (χ0) is 13.1. The molecule has 5 heteroatoms. The molecular formula is C14H19N3S2. The standard InChI is InChI=1S/C14H19N3S2/c1-2-15-13-11-7-8-18-14(11)17-12(16-13)9-19-10-5-3-4-6-10/h7-8,10H,2-6,9H2,1H3,(H,15,16,17). The molecule has 0 atom stereocenters. The van der Waals surface area contributed by atoms with Gasteiger partial charge >= 0.3 is 0 Å². The van der Waals surface area contributed by atoms with E-state index in [4.69, 9.17) is 0 Å². The van der Waals surface area contributed by atoms with Gasteiger partial charge in [0.25, 0.3) is 0 Å². The molecule has 0 aliphatic heterocycles. The Morgan fingerprint density at radius 3 is 3.00 bits per heavy atom. The number of hydrogen-bond acceptors (Lipinski definition) is 5. The Balaban J connectivity index is 1.78. The maximum atomic E-state index is 4.69. The minimum absolute atomic E-state index is 0.824. The summed E-state index contributed by atoms with van der Waals surface area (Å²) in [6, 6.07) is 2.10. The van der Waals surface area contributed by atoms with Crippen LogP contribution in [0.2, 0.25) is 0 Å². The molecule has 3 rings (SSSR count). The first-order valence-electron chi connectivity index (χ1n) is 6.96. The van der Waals surface area contributed by atoms with Gasteiger partial charge in [-0.3, -0.25) is 0 Å². The topological polar surface area (TPSA) is 37.8 Å². The molecule has 0 spiro atoms. The third kappa shape index (κ3) is 3.03. The molecule has 2 aromatic heterocycles. The molecule has 0 amide bonds. The summed E-state index contributed by atoms with van der Waals surface area (Å²) in [4.78, 5) is 10.5. The van der Waals surface area contributed by atoms with Crippen LogP contribution in [0.4, 0.5) is 5.82 Å². The van der Waals surface area contributed by atoms with Crippen LogP contribution in [-0.4, -0.2) is 21.8 Å². The Hall–Kier alpha value is -0.810. The summed E-state index contributed by atoms with van der Waals surface area (Å²) in [6.07, 6.45) is 5.52. The highest BCUT2D eigenvalue weighted by atomic mass is 32.2. The van der Waals surface area contributed by atoms with Gasteiger partial charge in [0.1, 0.15) is 16.5 Å². The van der Waals surface area contributed by atoms with E-state index in [1.807, 2.05) is 11.8 Å². The number of nitrogens with one attached hydrogen (secondary N) is 1. The minimum atomic E-state index is 0.824. The van der Waals surface area contributed by atoms with Crippen molar-refractivity contribution < 1.29 is 0 Å². The summed E-state index contributed by atoms with van der Waals surface area (Å²) in [5, 5.41) is 7.42. The van der Waals surface area contributed by atoms with Crippen LogP contribution in [0.5, 0.6) is 0 Å². The van der Waals surface area contributed by atoms with Crippen LogP contribution in [0.1, 0.15) is 38.4 Å². The van der Waals surface area contributed by atoms with Gasteiger partial charge in [-0.15, -0.1) is 11.3 Å². The lowest BCUT2D eigenvalue weighted by atomic mass is 10.3. The zero-order valence-electron chi connectivity index (χ0n) is 11.2. The van der Waals surface area contributed by atoms with Crippen molar-refractivity contribution in [2.75, 3.05) is 11.9 Å².